The first-order valence-corrected chi connectivity index (χ1v) is 8.71. The van der Waals surface area contributed by atoms with Crippen molar-refractivity contribution in [3.05, 3.63) is 83.0 Å². The van der Waals surface area contributed by atoms with Crippen LogP contribution in [0.15, 0.2) is 70.2 Å². The smallest absolute Gasteiger partial charge is 0.231 e. The van der Waals surface area contributed by atoms with E-state index in [2.05, 4.69) is 22.4 Å². The Bertz CT molecular complexity index is 948. The lowest BCUT2D eigenvalue weighted by atomic mass is 9.93. The number of hydrogen-bond donors (Lipinski definition) is 2. The Morgan fingerprint density at radius 3 is 2.63 bits per heavy atom. The van der Waals surface area contributed by atoms with Gasteiger partial charge in [-0.15, -0.1) is 0 Å². The van der Waals surface area contributed by atoms with Crippen molar-refractivity contribution < 1.29 is 9.32 Å². The first kappa shape index (κ1) is 18.4. The Balaban J connectivity index is 1.72. The maximum atomic E-state index is 12.7. The highest BCUT2D eigenvalue weighted by Gasteiger charge is 2.14. The monoisotopic (exact) mass is 362 g/mol. The predicted octanol–water partition coefficient (Wildman–Crippen LogP) is 3.61. The van der Waals surface area contributed by atoms with Gasteiger partial charge in [0.2, 0.25) is 5.88 Å². The molecule has 138 valence electrons. The Morgan fingerprint density at radius 2 is 1.89 bits per heavy atom. The minimum Gasteiger partial charge on any atom is -0.370 e. The summed E-state index contributed by atoms with van der Waals surface area (Å²) in [4.78, 5) is 16.5. The van der Waals surface area contributed by atoms with Crippen LogP contribution < -0.4 is 11.1 Å². The van der Waals surface area contributed by atoms with Gasteiger partial charge in [-0.25, -0.2) is 0 Å². The van der Waals surface area contributed by atoms with Crippen LogP contribution in [0, 0.1) is 0 Å². The summed E-state index contributed by atoms with van der Waals surface area (Å²) < 4.78 is 5.22. The molecule has 0 fully saturated rings. The van der Waals surface area contributed by atoms with E-state index in [4.69, 9.17) is 10.3 Å². The van der Waals surface area contributed by atoms with Crippen LogP contribution in [0.1, 0.15) is 40.0 Å². The summed E-state index contributed by atoms with van der Waals surface area (Å²) in [5.41, 5.74) is 8.86. The quantitative estimate of drug-likeness (QED) is 0.397. The van der Waals surface area contributed by atoms with E-state index in [9.17, 15) is 4.79 Å². The fourth-order valence-electron chi connectivity index (χ4n) is 2.82. The van der Waals surface area contributed by atoms with E-state index >= 15 is 0 Å². The van der Waals surface area contributed by atoms with Gasteiger partial charge in [-0.3, -0.25) is 15.1 Å². The molecule has 6 heteroatoms. The minimum absolute atomic E-state index is 0.0203. The van der Waals surface area contributed by atoms with Crippen LogP contribution >= 0.6 is 0 Å². The summed E-state index contributed by atoms with van der Waals surface area (Å²) in [6.07, 6.45) is 0.678. The van der Waals surface area contributed by atoms with Crippen molar-refractivity contribution in [2.45, 2.75) is 19.3 Å². The van der Waals surface area contributed by atoms with Crippen LogP contribution in [0.5, 0.6) is 0 Å². The van der Waals surface area contributed by atoms with E-state index in [1.54, 1.807) is 13.1 Å². The number of aliphatic imine (C=N–C) groups is 1. The minimum atomic E-state index is 0.0203. The number of ketones is 1. The first-order valence-electron chi connectivity index (χ1n) is 8.71. The number of nitrogens with one attached hydrogen (secondary N) is 1. The molecular formula is C21H22N4O2. The van der Waals surface area contributed by atoms with Gasteiger partial charge in [-0.2, -0.15) is 0 Å². The SMILES string of the molecule is CN=C(N)Nc1cc(CC(C)c2cccc(C(=O)c3ccccc3)c2)no1. The van der Waals surface area contributed by atoms with Gasteiger partial charge >= 0.3 is 0 Å². The summed E-state index contributed by atoms with van der Waals surface area (Å²) in [7, 11) is 1.59. The summed E-state index contributed by atoms with van der Waals surface area (Å²) in [6.45, 7) is 2.09. The Hall–Kier alpha value is -3.41. The van der Waals surface area contributed by atoms with Crippen molar-refractivity contribution in [3.63, 3.8) is 0 Å². The molecule has 0 spiro atoms. The molecule has 0 saturated carbocycles. The molecule has 1 atom stereocenters. The molecular weight excluding hydrogens is 340 g/mol. The summed E-state index contributed by atoms with van der Waals surface area (Å²) in [6, 6.07) is 18.8. The van der Waals surface area contributed by atoms with Crippen molar-refractivity contribution in [1.29, 1.82) is 0 Å². The molecule has 3 rings (SSSR count). The van der Waals surface area contributed by atoms with Crippen LogP contribution in [0.2, 0.25) is 0 Å². The van der Waals surface area contributed by atoms with E-state index in [0.717, 1.165) is 11.3 Å². The average Bonchev–Trinajstić information content (AvgIpc) is 3.14. The molecule has 0 aliphatic rings. The number of carbonyl (C=O) groups is 1. The van der Waals surface area contributed by atoms with E-state index in [1.807, 2.05) is 54.6 Å². The van der Waals surface area contributed by atoms with E-state index in [0.29, 0.717) is 23.4 Å². The molecule has 0 bridgehead atoms. The van der Waals surface area contributed by atoms with Crippen LogP contribution in [0.4, 0.5) is 5.88 Å². The van der Waals surface area contributed by atoms with E-state index in [1.165, 1.54) is 0 Å². The second kappa shape index (κ2) is 8.31. The molecule has 0 aliphatic heterocycles. The molecule has 3 N–H and O–H groups in total. The lowest BCUT2D eigenvalue weighted by Gasteiger charge is -2.11. The molecule has 3 aromatic rings. The molecule has 1 unspecified atom stereocenters. The first-order chi connectivity index (χ1) is 13.1. The van der Waals surface area contributed by atoms with E-state index < -0.39 is 0 Å². The fourth-order valence-corrected chi connectivity index (χ4v) is 2.82. The van der Waals surface area contributed by atoms with Crippen molar-refractivity contribution in [2.24, 2.45) is 10.7 Å². The predicted molar refractivity (Wildman–Crippen MR) is 106 cm³/mol. The van der Waals surface area contributed by atoms with Gasteiger partial charge in [-0.05, 0) is 24.0 Å². The van der Waals surface area contributed by atoms with Crippen molar-refractivity contribution in [1.82, 2.24) is 5.16 Å². The molecule has 0 aliphatic carbocycles. The number of nitrogens with two attached hydrogens (primary N) is 1. The number of carbonyl (C=O) groups excluding carboxylic acids is 1. The molecule has 0 saturated heterocycles. The second-order valence-corrected chi connectivity index (χ2v) is 6.34. The van der Waals surface area contributed by atoms with Gasteiger partial charge in [0.1, 0.15) is 0 Å². The molecule has 6 nitrogen and oxygen atoms in total. The third-order valence-corrected chi connectivity index (χ3v) is 4.32. The van der Waals surface area contributed by atoms with Crippen LogP contribution in [0.25, 0.3) is 0 Å². The lowest BCUT2D eigenvalue weighted by molar-refractivity contribution is 0.103. The largest absolute Gasteiger partial charge is 0.370 e. The van der Waals surface area contributed by atoms with Crippen molar-refractivity contribution in [3.8, 4) is 0 Å². The highest BCUT2D eigenvalue weighted by Crippen LogP contribution is 2.23. The zero-order valence-corrected chi connectivity index (χ0v) is 15.3. The number of anilines is 1. The zero-order chi connectivity index (χ0) is 19.2. The van der Waals surface area contributed by atoms with Gasteiger partial charge in [0, 0.05) is 24.2 Å². The van der Waals surface area contributed by atoms with E-state index in [-0.39, 0.29) is 17.7 Å². The number of nitrogens with zero attached hydrogens (tertiary/aromatic N) is 2. The van der Waals surface area contributed by atoms with Crippen LogP contribution in [-0.2, 0) is 6.42 Å². The van der Waals surface area contributed by atoms with Crippen LogP contribution in [0.3, 0.4) is 0 Å². The molecule has 0 radical (unpaired) electrons. The number of aromatic nitrogens is 1. The Morgan fingerprint density at radius 1 is 1.15 bits per heavy atom. The van der Waals surface area contributed by atoms with Crippen molar-refractivity contribution in [2.75, 3.05) is 12.4 Å². The lowest BCUT2D eigenvalue weighted by Crippen LogP contribution is -2.21. The van der Waals surface area contributed by atoms with Crippen molar-refractivity contribution >= 4 is 17.6 Å². The maximum absolute atomic E-state index is 12.7. The summed E-state index contributed by atoms with van der Waals surface area (Å²) in [5, 5.41) is 6.88. The van der Waals surface area contributed by atoms with Gasteiger partial charge < -0.3 is 10.3 Å². The maximum Gasteiger partial charge on any atom is 0.231 e. The third kappa shape index (κ3) is 4.61. The highest BCUT2D eigenvalue weighted by atomic mass is 16.5. The fraction of sp³-hybridized carbons (Fsp3) is 0.190. The molecule has 1 heterocycles. The van der Waals surface area contributed by atoms with Gasteiger partial charge in [-0.1, -0.05) is 60.6 Å². The standard InChI is InChI=1S/C21H22N4O2/c1-14(11-18-13-19(27-25-18)24-21(22)23-2)16-9-6-10-17(12-16)20(26)15-7-4-3-5-8-15/h3-10,12-14H,11H2,1-2H3,(H3,22,23,24). The second-order valence-electron chi connectivity index (χ2n) is 6.34. The normalized spacial score (nSPS) is 12.6. The molecule has 0 amide bonds. The molecule has 2 aromatic carbocycles. The summed E-state index contributed by atoms with van der Waals surface area (Å²) >= 11 is 0. The number of benzene rings is 2. The van der Waals surface area contributed by atoms with Gasteiger partial charge in [0.05, 0.1) is 5.69 Å². The summed E-state index contributed by atoms with van der Waals surface area (Å²) in [5.74, 6) is 0.904. The number of rotatable bonds is 6. The third-order valence-electron chi connectivity index (χ3n) is 4.32. The highest BCUT2D eigenvalue weighted by molar-refractivity contribution is 6.09. The van der Waals surface area contributed by atoms with Gasteiger partial charge in [0.25, 0.3) is 0 Å². The average molecular weight is 362 g/mol. The molecule has 27 heavy (non-hydrogen) atoms. The topological polar surface area (TPSA) is 93.5 Å². The Labute approximate surface area is 158 Å². The molecule has 1 aromatic heterocycles. The number of hydrogen-bond acceptors (Lipinski definition) is 4. The number of guanidine groups is 1. The van der Waals surface area contributed by atoms with Gasteiger partial charge in [0.15, 0.2) is 11.7 Å². The Kier molecular flexibility index (Phi) is 5.66. The van der Waals surface area contributed by atoms with Crippen LogP contribution in [-0.4, -0.2) is 23.9 Å². The zero-order valence-electron chi connectivity index (χ0n) is 15.3.